The maximum Gasteiger partial charge on any atom is 0.238 e. The first-order valence-electron chi connectivity index (χ1n) is 8.78. The zero-order valence-corrected chi connectivity index (χ0v) is 15.5. The van der Waals surface area contributed by atoms with E-state index in [9.17, 15) is 4.79 Å². The van der Waals surface area contributed by atoms with Crippen molar-refractivity contribution < 1.29 is 9.53 Å². The number of hydrogen-bond acceptors (Lipinski definition) is 3. The Morgan fingerprint density at radius 3 is 2.20 bits per heavy atom. The Hall–Kier alpha value is -2.33. The van der Waals surface area contributed by atoms with Gasteiger partial charge in [-0.15, -0.1) is 0 Å². The van der Waals surface area contributed by atoms with Gasteiger partial charge in [0.1, 0.15) is 5.75 Å². The monoisotopic (exact) mass is 340 g/mol. The maximum atomic E-state index is 12.4. The Morgan fingerprint density at radius 1 is 1.00 bits per heavy atom. The van der Waals surface area contributed by atoms with Crippen molar-refractivity contribution in [3.05, 3.63) is 60.2 Å². The van der Waals surface area contributed by atoms with Gasteiger partial charge in [-0.05, 0) is 57.5 Å². The topological polar surface area (TPSA) is 41.6 Å². The molecule has 1 amide bonds. The normalized spacial score (nSPS) is 11.2. The van der Waals surface area contributed by atoms with Gasteiger partial charge in [-0.2, -0.15) is 0 Å². The van der Waals surface area contributed by atoms with Crippen molar-refractivity contribution in [2.24, 2.45) is 0 Å². The van der Waals surface area contributed by atoms with E-state index >= 15 is 0 Å². The molecule has 0 atom stereocenters. The van der Waals surface area contributed by atoms with E-state index in [0.717, 1.165) is 18.0 Å². The van der Waals surface area contributed by atoms with Gasteiger partial charge >= 0.3 is 0 Å². The first-order chi connectivity index (χ1) is 11.9. The van der Waals surface area contributed by atoms with Gasteiger partial charge < -0.3 is 10.1 Å². The smallest absolute Gasteiger partial charge is 0.238 e. The lowest BCUT2D eigenvalue weighted by molar-refractivity contribution is -0.117. The van der Waals surface area contributed by atoms with Crippen molar-refractivity contribution in [1.82, 2.24) is 4.90 Å². The molecule has 25 heavy (non-hydrogen) atoms. The first-order valence-corrected chi connectivity index (χ1v) is 8.78. The highest BCUT2D eigenvalue weighted by Gasteiger charge is 2.14. The zero-order chi connectivity index (χ0) is 18.2. The number of nitrogens with one attached hydrogen (secondary N) is 1. The number of anilines is 1. The molecule has 2 rings (SSSR count). The fourth-order valence-corrected chi connectivity index (χ4v) is 2.51. The van der Waals surface area contributed by atoms with Gasteiger partial charge in [0.15, 0.2) is 0 Å². The molecule has 0 unspecified atom stereocenters. The number of ether oxygens (including phenoxy) is 1. The molecule has 0 radical (unpaired) electrons. The molecule has 0 aliphatic carbocycles. The zero-order valence-electron chi connectivity index (χ0n) is 15.5. The van der Waals surface area contributed by atoms with Crippen LogP contribution in [0.5, 0.6) is 5.75 Å². The highest BCUT2D eigenvalue weighted by Crippen LogP contribution is 2.17. The van der Waals surface area contributed by atoms with Gasteiger partial charge in [0.05, 0.1) is 12.6 Å². The second kappa shape index (κ2) is 9.23. The van der Waals surface area contributed by atoms with E-state index < -0.39 is 0 Å². The highest BCUT2D eigenvalue weighted by molar-refractivity contribution is 5.92. The van der Waals surface area contributed by atoms with Crippen LogP contribution in [0.1, 0.15) is 33.3 Å². The molecule has 2 aromatic rings. The molecule has 134 valence electrons. The Bertz CT molecular complexity index is 651. The van der Waals surface area contributed by atoms with Gasteiger partial charge in [-0.25, -0.2) is 0 Å². The third-order valence-electron chi connectivity index (χ3n) is 3.82. The molecule has 0 saturated carbocycles. The standard InChI is InChI=1S/C21H28N2O2/c1-16(2)23(14-18-8-6-5-7-9-18)15-21(24)22-19-10-12-20(13-11-19)25-17(3)4/h5-13,16-17H,14-15H2,1-4H3,(H,22,24). The molecule has 1 N–H and O–H groups in total. The molecular formula is C21H28N2O2. The summed E-state index contributed by atoms with van der Waals surface area (Å²) in [5.41, 5.74) is 1.99. The molecule has 0 aliphatic rings. The summed E-state index contributed by atoms with van der Waals surface area (Å²) in [5.74, 6) is 0.794. The minimum absolute atomic E-state index is 0.0119. The van der Waals surface area contributed by atoms with Crippen molar-refractivity contribution in [3.63, 3.8) is 0 Å². The summed E-state index contributed by atoms with van der Waals surface area (Å²) in [6.45, 7) is 9.30. The van der Waals surface area contributed by atoms with Crippen molar-refractivity contribution >= 4 is 11.6 Å². The van der Waals surface area contributed by atoms with Crippen molar-refractivity contribution in [2.45, 2.75) is 46.4 Å². The molecule has 0 spiro atoms. The SMILES string of the molecule is CC(C)Oc1ccc(NC(=O)CN(Cc2ccccc2)C(C)C)cc1. The van der Waals surface area contributed by atoms with E-state index in [0.29, 0.717) is 6.54 Å². The fourth-order valence-electron chi connectivity index (χ4n) is 2.51. The number of amides is 1. The Kier molecular flexibility index (Phi) is 7.02. The molecule has 4 nitrogen and oxygen atoms in total. The molecule has 0 bridgehead atoms. The minimum atomic E-state index is -0.0119. The van der Waals surface area contributed by atoms with Crippen LogP contribution in [0.25, 0.3) is 0 Å². The molecule has 0 aromatic heterocycles. The summed E-state index contributed by atoms with van der Waals surface area (Å²) in [6.07, 6.45) is 0.137. The van der Waals surface area contributed by atoms with E-state index in [4.69, 9.17) is 4.74 Å². The van der Waals surface area contributed by atoms with E-state index in [2.05, 4.69) is 36.2 Å². The third-order valence-corrected chi connectivity index (χ3v) is 3.82. The summed E-state index contributed by atoms with van der Waals surface area (Å²) < 4.78 is 5.62. The van der Waals surface area contributed by atoms with E-state index in [1.54, 1.807) is 0 Å². The van der Waals surface area contributed by atoms with E-state index in [1.807, 2.05) is 56.3 Å². The number of carbonyl (C=O) groups is 1. The summed E-state index contributed by atoms with van der Waals surface area (Å²) in [5, 5.41) is 2.96. The van der Waals surface area contributed by atoms with Crippen LogP contribution in [0.3, 0.4) is 0 Å². The predicted octanol–water partition coefficient (Wildman–Crippen LogP) is 4.32. The molecule has 0 saturated heterocycles. The lowest BCUT2D eigenvalue weighted by atomic mass is 10.2. The molecule has 0 aliphatic heterocycles. The Balaban J connectivity index is 1.92. The van der Waals surface area contributed by atoms with Crippen molar-refractivity contribution in [3.8, 4) is 5.75 Å². The van der Waals surface area contributed by atoms with Gasteiger partial charge in [0.25, 0.3) is 0 Å². The second-order valence-electron chi connectivity index (χ2n) is 6.72. The first kappa shape index (κ1) is 19.0. The van der Waals surface area contributed by atoms with Crippen LogP contribution in [0, 0.1) is 0 Å². The minimum Gasteiger partial charge on any atom is -0.491 e. The summed E-state index contributed by atoms with van der Waals surface area (Å²) in [4.78, 5) is 14.5. The molecule has 2 aromatic carbocycles. The molecule has 0 fully saturated rings. The number of carbonyl (C=O) groups excluding carboxylic acids is 1. The third kappa shape index (κ3) is 6.59. The highest BCUT2D eigenvalue weighted by atomic mass is 16.5. The average molecular weight is 340 g/mol. The van der Waals surface area contributed by atoms with Gasteiger partial charge in [-0.3, -0.25) is 9.69 Å². The van der Waals surface area contributed by atoms with Crippen molar-refractivity contribution in [2.75, 3.05) is 11.9 Å². The fraction of sp³-hybridized carbons (Fsp3) is 0.381. The van der Waals surface area contributed by atoms with Crippen LogP contribution in [-0.4, -0.2) is 29.5 Å². The largest absolute Gasteiger partial charge is 0.491 e. The quantitative estimate of drug-likeness (QED) is 0.778. The number of nitrogens with zero attached hydrogens (tertiary/aromatic N) is 1. The van der Waals surface area contributed by atoms with Crippen LogP contribution >= 0.6 is 0 Å². The van der Waals surface area contributed by atoms with Gasteiger partial charge in [0, 0.05) is 18.3 Å². The number of rotatable bonds is 8. The van der Waals surface area contributed by atoms with Crippen LogP contribution in [0.2, 0.25) is 0 Å². The van der Waals surface area contributed by atoms with Gasteiger partial charge in [0.2, 0.25) is 5.91 Å². The van der Waals surface area contributed by atoms with Crippen LogP contribution in [0.15, 0.2) is 54.6 Å². The van der Waals surface area contributed by atoms with Crippen molar-refractivity contribution in [1.29, 1.82) is 0 Å². The van der Waals surface area contributed by atoms with Crippen LogP contribution < -0.4 is 10.1 Å². The average Bonchev–Trinajstić information content (AvgIpc) is 2.56. The summed E-state index contributed by atoms with van der Waals surface area (Å²) in [7, 11) is 0. The van der Waals surface area contributed by atoms with Crippen LogP contribution in [0.4, 0.5) is 5.69 Å². The van der Waals surface area contributed by atoms with E-state index in [-0.39, 0.29) is 18.1 Å². The lowest BCUT2D eigenvalue weighted by Gasteiger charge is -2.26. The van der Waals surface area contributed by atoms with Gasteiger partial charge in [-0.1, -0.05) is 30.3 Å². The number of benzene rings is 2. The lowest BCUT2D eigenvalue weighted by Crippen LogP contribution is -2.37. The summed E-state index contributed by atoms with van der Waals surface area (Å²) >= 11 is 0. The predicted molar refractivity (Wildman–Crippen MR) is 103 cm³/mol. The second-order valence-corrected chi connectivity index (χ2v) is 6.72. The molecular weight excluding hydrogens is 312 g/mol. The Morgan fingerprint density at radius 2 is 1.64 bits per heavy atom. The molecule has 0 heterocycles. The summed E-state index contributed by atoms with van der Waals surface area (Å²) in [6, 6.07) is 18.0. The van der Waals surface area contributed by atoms with Crippen LogP contribution in [-0.2, 0) is 11.3 Å². The molecule has 4 heteroatoms. The Labute approximate surface area is 150 Å². The van der Waals surface area contributed by atoms with E-state index in [1.165, 1.54) is 5.56 Å². The maximum absolute atomic E-state index is 12.4. The number of hydrogen-bond donors (Lipinski definition) is 1.